The van der Waals surface area contributed by atoms with Crippen LogP contribution in [0.4, 0.5) is 11.6 Å². The van der Waals surface area contributed by atoms with Gasteiger partial charge >= 0.3 is 0 Å². The number of nitrogens with two attached hydrogens (primary N) is 1. The Balaban J connectivity index is 1.96. The van der Waals surface area contributed by atoms with Gasteiger partial charge in [0, 0.05) is 6.20 Å². The maximum absolute atomic E-state index is 5.41. The van der Waals surface area contributed by atoms with Crippen LogP contribution in [0.2, 0.25) is 0 Å². The summed E-state index contributed by atoms with van der Waals surface area (Å²) in [5.74, 6) is 1.07. The van der Waals surface area contributed by atoms with Crippen LogP contribution < -0.4 is 11.1 Å². The number of nitrogens with zero attached hydrogens (tertiary/aromatic N) is 4. The minimum absolute atomic E-state index is 0.405. The van der Waals surface area contributed by atoms with Gasteiger partial charge < -0.3 is 11.1 Å². The van der Waals surface area contributed by atoms with E-state index in [9.17, 15) is 0 Å². The summed E-state index contributed by atoms with van der Waals surface area (Å²) in [4.78, 5) is 7.89. The molecule has 3 N–H and O–H groups in total. The van der Waals surface area contributed by atoms with Crippen LogP contribution in [-0.2, 0) is 6.54 Å². The van der Waals surface area contributed by atoms with Crippen molar-refractivity contribution in [2.75, 3.05) is 11.1 Å². The summed E-state index contributed by atoms with van der Waals surface area (Å²) in [6, 6.07) is 5.29. The zero-order valence-corrected chi connectivity index (χ0v) is 7.96. The van der Waals surface area contributed by atoms with Gasteiger partial charge in [0.05, 0.1) is 12.2 Å². The fourth-order valence-electron chi connectivity index (χ4n) is 1.04. The molecular formula is C9H10N6. The van der Waals surface area contributed by atoms with Gasteiger partial charge in [-0.2, -0.15) is 0 Å². The largest absolute Gasteiger partial charge is 0.382 e. The molecule has 0 aromatic carbocycles. The van der Waals surface area contributed by atoms with Crippen molar-refractivity contribution >= 4 is 11.6 Å². The topological polar surface area (TPSA) is 89.6 Å². The van der Waals surface area contributed by atoms with Crippen LogP contribution in [0.15, 0.2) is 30.7 Å². The van der Waals surface area contributed by atoms with Crippen molar-refractivity contribution in [2.24, 2.45) is 0 Å². The molecule has 2 aromatic heterocycles. The van der Waals surface area contributed by atoms with Gasteiger partial charge in [-0.3, -0.25) is 0 Å². The van der Waals surface area contributed by atoms with Gasteiger partial charge in [-0.25, -0.2) is 9.97 Å². The Kier molecular flexibility index (Phi) is 2.68. The predicted octanol–water partition coefficient (Wildman–Crippen LogP) is 0.461. The van der Waals surface area contributed by atoms with E-state index < -0.39 is 0 Å². The van der Waals surface area contributed by atoms with E-state index in [2.05, 4.69) is 25.5 Å². The van der Waals surface area contributed by atoms with Crippen LogP contribution in [0.3, 0.4) is 0 Å². The van der Waals surface area contributed by atoms with Crippen LogP contribution >= 0.6 is 0 Å². The Morgan fingerprint density at radius 3 is 2.80 bits per heavy atom. The lowest BCUT2D eigenvalue weighted by atomic mass is 10.4. The summed E-state index contributed by atoms with van der Waals surface area (Å²) in [6.07, 6.45) is 3.20. The second kappa shape index (κ2) is 4.32. The van der Waals surface area contributed by atoms with Gasteiger partial charge in [-0.1, -0.05) is 0 Å². The standard InChI is InChI=1S/C9H10N6/c10-8-1-2-9(15-14-8)12-5-7-3-4-11-6-13-7/h1-4,6H,5H2,(H2,10,14)(H,12,15). The van der Waals surface area contributed by atoms with Crippen molar-refractivity contribution in [3.05, 3.63) is 36.4 Å². The Bertz CT molecular complexity index is 412. The lowest BCUT2D eigenvalue weighted by molar-refractivity contribution is 0.968. The van der Waals surface area contributed by atoms with E-state index in [1.807, 2.05) is 6.07 Å². The normalized spacial score (nSPS) is 9.87. The third kappa shape index (κ3) is 2.60. The number of aromatic nitrogens is 4. The zero-order valence-electron chi connectivity index (χ0n) is 7.96. The molecule has 0 fully saturated rings. The number of hydrogen-bond acceptors (Lipinski definition) is 6. The number of rotatable bonds is 3. The average molecular weight is 202 g/mol. The van der Waals surface area contributed by atoms with Gasteiger partial charge in [0.2, 0.25) is 0 Å². The molecule has 0 atom stereocenters. The lowest BCUT2D eigenvalue weighted by Crippen LogP contribution is -2.04. The third-order valence-electron chi connectivity index (χ3n) is 1.78. The molecule has 0 aliphatic carbocycles. The highest BCUT2D eigenvalue weighted by Gasteiger charge is 1.96. The first-order valence-corrected chi connectivity index (χ1v) is 4.42. The van der Waals surface area contributed by atoms with Crippen LogP contribution in [0.5, 0.6) is 0 Å². The predicted molar refractivity (Wildman–Crippen MR) is 55.8 cm³/mol. The highest BCUT2D eigenvalue weighted by Crippen LogP contribution is 2.04. The summed E-state index contributed by atoms with van der Waals surface area (Å²) in [7, 11) is 0. The molecule has 0 aliphatic heterocycles. The molecule has 15 heavy (non-hydrogen) atoms. The zero-order chi connectivity index (χ0) is 10.5. The van der Waals surface area contributed by atoms with Gasteiger partial charge in [0.1, 0.15) is 18.0 Å². The molecule has 0 aliphatic rings. The molecule has 0 saturated carbocycles. The van der Waals surface area contributed by atoms with Gasteiger partial charge in [0.25, 0.3) is 0 Å². The molecule has 2 rings (SSSR count). The van der Waals surface area contributed by atoms with Crippen molar-refractivity contribution in [2.45, 2.75) is 6.54 Å². The summed E-state index contributed by atoms with van der Waals surface area (Å²) in [5, 5.41) is 10.7. The maximum atomic E-state index is 5.41. The molecule has 76 valence electrons. The van der Waals surface area contributed by atoms with Crippen molar-refractivity contribution < 1.29 is 0 Å². The molecule has 6 nitrogen and oxygen atoms in total. The van der Waals surface area contributed by atoms with E-state index in [4.69, 9.17) is 5.73 Å². The first-order valence-electron chi connectivity index (χ1n) is 4.42. The van der Waals surface area contributed by atoms with Crippen molar-refractivity contribution in [1.29, 1.82) is 0 Å². The van der Waals surface area contributed by atoms with E-state index in [1.54, 1.807) is 18.3 Å². The molecule has 0 bridgehead atoms. The van der Waals surface area contributed by atoms with E-state index >= 15 is 0 Å². The molecule has 0 saturated heterocycles. The summed E-state index contributed by atoms with van der Waals surface area (Å²) in [6.45, 7) is 0.584. The second-order valence-corrected chi connectivity index (χ2v) is 2.90. The van der Waals surface area contributed by atoms with Crippen molar-refractivity contribution in [3.63, 3.8) is 0 Å². The van der Waals surface area contributed by atoms with E-state index in [1.165, 1.54) is 6.33 Å². The molecular weight excluding hydrogens is 192 g/mol. The highest BCUT2D eigenvalue weighted by molar-refractivity contribution is 5.38. The Morgan fingerprint density at radius 1 is 1.20 bits per heavy atom. The number of nitrogen functional groups attached to an aromatic ring is 1. The van der Waals surface area contributed by atoms with E-state index in [0.717, 1.165) is 5.69 Å². The monoisotopic (exact) mass is 202 g/mol. The Labute approximate surface area is 86.6 Å². The smallest absolute Gasteiger partial charge is 0.149 e. The fourth-order valence-corrected chi connectivity index (χ4v) is 1.04. The van der Waals surface area contributed by atoms with Crippen LogP contribution in [0.1, 0.15) is 5.69 Å². The number of nitrogens with one attached hydrogen (secondary N) is 1. The van der Waals surface area contributed by atoms with Gasteiger partial charge in [-0.05, 0) is 18.2 Å². The van der Waals surface area contributed by atoms with Crippen molar-refractivity contribution in [1.82, 2.24) is 20.2 Å². The van der Waals surface area contributed by atoms with Crippen molar-refractivity contribution in [3.8, 4) is 0 Å². The maximum Gasteiger partial charge on any atom is 0.149 e. The van der Waals surface area contributed by atoms with E-state index in [0.29, 0.717) is 18.2 Å². The van der Waals surface area contributed by atoms with E-state index in [-0.39, 0.29) is 0 Å². The number of hydrogen-bond donors (Lipinski definition) is 2. The summed E-state index contributed by atoms with van der Waals surface area (Å²) >= 11 is 0. The molecule has 0 radical (unpaired) electrons. The second-order valence-electron chi connectivity index (χ2n) is 2.90. The number of anilines is 2. The highest BCUT2D eigenvalue weighted by atomic mass is 15.2. The van der Waals surface area contributed by atoms with Gasteiger partial charge in [0.15, 0.2) is 0 Å². The minimum Gasteiger partial charge on any atom is -0.382 e. The first-order chi connectivity index (χ1) is 7.34. The molecule has 0 amide bonds. The van der Waals surface area contributed by atoms with Crippen LogP contribution in [0.25, 0.3) is 0 Å². The SMILES string of the molecule is Nc1ccc(NCc2ccncn2)nn1. The average Bonchev–Trinajstić information content (AvgIpc) is 2.30. The Hall–Kier alpha value is -2.24. The molecule has 2 heterocycles. The molecule has 0 spiro atoms. The molecule has 6 heteroatoms. The molecule has 2 aromatic rings. The van der Waals surface area contributed by atoms with Crippen LogP contribution in [0, 0.1) is 0 Å². The summed E-state index contributed by atoms with van der Waals surface area (Å²) in [5.41, 5.74) is 6.30. The molecule has 0 unspecified atom stereocenters. The Morgan fingerprint density at radius 2 is 2.13 bits per heavy atom. The van der Waals surface area contributed by atoms with Crippen LogP contribution in [-0.4, -0.2) is 20.2 Å². The fraction of sp³-hybridized carbons (Fsp3) is 0.111. The summed E-state index contributed by atoms with van der Waals surface area (Å²) < 4.78 is 0. The minimum atomic E-state index is 0.405. The third-order valence-corrected chi connectivity index (χ3v) is 1.78. The first kappa shape index (κ1) is 9.32. The quantitative estimate of drug-likeness (QED) is 0.751. The lowest BCUT2D eigenvalue weighted by Gasteiger charge is -2.03. The van der Waals surface area contributed by atoms with Gasteiger partial charge in [-0.15, -0.1) is 10.2 Å².